The quantitative estimate of drug-likeness (QED) is 0.486. The molecule has 0 radical (unpaired) electrons. The molecule has 0 aliphatic heterocycles. The Balaban J connectivity index is 2.71. The molecule has 66 valence electrons. The zero-order valence-corrected chi connectivity index (χ0v) is 6.38. The van der Waals surface area contributed by atoms with Gasteiger partial charge in [-0.3, -0.25) is 0 Å². The molecule has 0 saturated carbocycles. The van der Waals surface area contributed by atoms with Gasteiger partial charge >= 0.3 is 7.18 Å². The highest BCUT2D eigenvalue weighted by atomic mass is 19.4. The monoisotopic (exact) mass is 177 g/mol. The standard InChI is InChI=1S/C6H7BF3NO/c1-6-2-4-11(5-3-6)12-7(8,9)10/h2-5H,1H3. The lowest BCUT2D eigenvalue weighted by Gasteiger charge is -2.09. The molecule has 0 amide bonds. The molecule has 1 aromatic heterocycles. The van der Waals surface area contributed by atoms with E-state index in [9.17, 15) is 12.9 Å². The van der Waals surface area contributed by atoms with E-state index in [1.165, 1.54) is 24.5 Å². The fourth-order valence-electron chi connectivity index (χ4n) is 0.696. The van der Waals surface area contributed by atoms with Gasteiger partial charge in [0.25, 0.3) is 0 Å². The van der Waals surface area contributed by atoms with Crippen LogP contribution in [0.5, 0.6) is 0 Å². The summed E-state index contributed by atoms with van der Waals surface area (Å²) in [6, 6.07) is 3.06. The summed E-state index contributed by atoms with van der Waals surface area (Å²) < 4.78 is 39.3. The minimum absolute atomic E-state index is 0.632. The van der Waals surface area contributed by atoms with Crippen LogP contribution in [0.25, 0.3) is 0 Å². The molecule has 0 aliphatic carbocycles. The van der Waals surface area contributed by atoms with Crippen LogP contribution in [0.4, 0.5) is 12.9 Å². The summed E-state index contributed by atoms with van der Waals surface area (Å²) >= 11 is 0. The van der Waals surface area contributed by atoms with Crippen molar-refractivity contribution in [1.82, 2.24) is 0 Å². The van der Waals surface area contributed by atoms with Gasteiger partial charge in [-0.05, 0) is 17.2 Å². The van der Waals surface area contributed by atoms with Crippen molar-refractivity contribution < 1.29 is 22.4 Å². The van der Waals surface area contributed by atoms with E-state index in [-0.39, 0.29) is 0 Å². The van der Waals surface area contributed by atoms with Crippen LogP contribution in [0.1, 0.15) is 5.56 Å². The Morgan fingerprint density at radius 1 is 1.25 bits per heavy atom. The lowest BCUT2D eigenvalue weighted by Crippen LogP contribution is -2.52. The third-order valence-corrected chi connectivity index (χ3v) is 1.21. The largest absolute Gasteiger partial charge is 0.752 e. The predicted octanol–water partition coefficient (Wildman–Crippen LogP) is 1.06. The minimum Gasteiger partial charge on any atom is -0.407 e. The summed E-state index contributed by atoms with van der Waals surface area (Å²) in [6.45, 7) is 1.78. The van der Waals surface area contributed by atoms with Crippen molar-refractivity contribution in [3.8, 4) is 0 Å². The number of halogens is 3. The molecule has 0 N–H and O–H groups in total. The van der Waals surface area contributed by atoms with E-state index in [1.807, 2.05) is 0 Å². The van der Waals surface area contributed by atoms with Gasteiger partial charge in [0.2, 0.25) is 12.4 Å². The third-order valence-electron chi connectivity index (χ3n) is 1.21. The molecular formula is C6H7BF3NO. The molecule has 0 spiro atoms. The average Bonchev–Trinajstić information content (AvgIpc) is 1.91. The van der Waals surface area contributed by atoms with Gasteiger partial charge in [-0.15, -0.1) is 0 Å². The average molecular weight is 177 g/mol. The molecule has 0 atom stereocenters. The zero-order chi connectivity index (χ0) is 9.19. The van der Waals surface area contributed by atoms with Crippen molar-refractivity contribution in [1.29, 1.82) is 0 Å². The van der Waals surface area contributed by atoms with Crippen molar-refractivity contribution in [3.63, 3.8) is 0 Å². The SMILES string of the molecule is Cc1cc[n+](O[B-](F)(F)F)cc1. The smallest absolute Gasteiger partial charge is 0.407 e. The molecular weight excluding hydrogens is 170 g/mol. The van der Waals surface area contributed by atoms with E-state index in [0.29, 0.717) is 4.73 Å². The number of aromatic nitrogens is 1. The number of pyridine rings is 1. The summed E-state index contributed by atoms with van der Waals surface area (Å²) in [5.41, 5.74) is 0.879. The highest BCUT2D eigenvalue weighted by Crippen LogP contribution is 2.02. The number of aryl methyl sites for hydroxylation is 1. The zero-order valence-electron chi connectivity index (χ0n) is 6.38. The van der Waals surface area contributed by atoms with Crippen LogP contribution in [-0.4, -0.2) is 7.18 Å². The van der Waals surface area contributed by atoms with Crippen LogP contribution in [0.2, 0.25) is 0 Å². The van der Waals surface area contributed by atoms with Gasteiger partial charge in [0.1, 0.15) is 0 Å². The van der Waals surface area contributed by atoms with Gasteiger partial charge in [0.15, 0.2) is 0 Å². The van der Waals surface area contributed by atoms with Crippen LogP contribution in [0.15, 0.2) is 24.5 Å². The Labute approximate surface area is 67.6 Å². The summed E-state index contributed by atoms with van der Waals surface area (Å²) in [6.07, 6.45) is 2.43. The number of rotatable bonds is 2. The first-order valence-electron chi connectivity index (χ1n) is 3.33. The van der Waals surface area contributed by atoms with E-state index in [0.717, 1.165) is 5.56 Å². The third kappa shape index (κ3) is 2.81. The second-order valence-electron chi connectivity index (χ2n) is 2.36. The maximum atomic E-state index is 11.7. The molecule has 1 heterocycles. The number of hydrogen-bond donors (Lipinski definition) is 0. The predicted molar refractivity (Wildman–Crippen MR) is 37.0 cm³/mol. The number of hydrogen-bond acceptors (Lipinski definition) is 1. The Kier molecular flexibility index (Phi) is 2.26. The van der Waals surface area contributed by atoms with E-state index in [1.54, 1.807) is 6.92 Å². The van der Waals surface area contributed by atoms with Crippen LogP contribution in [-0.2, 0) is 0 Å². The van der Waals surface area contributed by atoms with Gasteiger partial charge in [0, 0.05) is 12.1 Å². The van der Waals surface area contributed by atoms with Gasteiger partial charge in [-0.2, -0.15) is 0 Å². The topological polar surface area (TPSA) is 13.1 Å². The molecule has 0 bridgehead atoms. The molecule has 6 heteroatoms. The second kappa shape index (κ2) is 3.04. The lowest BCUT2D eigenvalue weighted by atomic mass is 10.3. The first-order chi connectivity index (χ1) is 5.47. The minimum atomic E-state index is -5.23. The summed E-state index contributed by atoms with van der Waals surface area (Å²) in [7, 11) is -5.23. The fraction of sp³-hybridized carbons (Fsp3) is 0.167. The van der Waals surface area contributed by atoms with Crippen LogP contribution in [0, 0.1) is 6.92 Å². The van der Waals surface area contributed by atoms with Crippen LogP contribution >= 0.6 is 0 Å². The maximum Gasteiger partial charge on any atom is 0.752 e. The molecule has 2 nitrogen and oxygen atoms in total. The van der Waals surface area contributed by atoms with Gasteiger partial charge in [-0.1, -0.05) is 0 Å². The molecule has 1 rings (SSSR count). The molecule has 0 aliphatic rings. The van der Waals surface area contributed by atoms with Gasteiger partial charge in [-0.25, -0.2) is 0 Å². The molecule has 0 aromatic carbocycles. The maximum absolute atomic E-state index is 11.7. The van der Waals surface area contributed by atoms with Crippen LogP contribution in [0.3, 0.4) is 0 Å². The van der Waals surface area contributed by atoms with E-state index in [2.05, 4.69) is 4.76 Å². The highest BCUT2D eigenvalue weighted by Gasteiger charge is 2.33. The first kappa shape index (κ1) is 8.90. The molecule has 12 heavy (non-hydrogen) atoms. The van der Waals surface area contributed by atoms with Crippen LogP contribution < -0.4 is 9.49 Å². The first-order valence-corrected chi connectivity index (χ1v) is 3.33. The Bertz CT molecular complexity index is 258. The Morgan fingerprint density at radius 3 is 2.17 bits per heavy atom. The normalized spacial score (nSPS) is 11.3. The second-order valence-corrected chi connectivity index (χ2v) is 2.36. The van der Waals surface area contributed by atoms with Crippen molar-refractivity contribution >= 4 is 7.18 Å². The van der Waals surface area contributed by atoms with Crippen molar-refractivity contribution in [3.05, 3.63) is 30.1 Å². The molecule has 0 saturated heterocycles. The van der Waals surface area contributed by atoms with E-state index < -0.39 is 7.18 Å². The lowest BCUT2D eigenvalue weighted by molar-refractivity contribution is -0.868. The van der Waals surface area contributed by atoms with Crippen molar-refractivity contribution in [2.45, 2.75) is 6.92 Å². The highest BCUT2D eigenvalue weighted by molar-refractivity contribution is 6.50. The van der Waals surface area contributed by atoms with Gasteiger partial charge in [0.05, 0.1) is 0 Å². The fourth-order valence-corrected chi connectivity index (χ4v) is 0.696. The van der Waals surface area contributed by atoms with E-state index in [4.69, 9.17) is 0 Å². The van der Waals surface area contributed by atoms with Crippen molar-refractivity contribution in [2.75, 3.05) is 0 Å². The Hall–Kier alpha value is -1.20. The van der Waals surface area contributed by atoms with Crippen molar-refractivity contribution in [2.24, 2.45) is 0 Å². The summed E-state index contributed by atoms with van der Waals surface area (Å²) in [5.74, 6) is 0. The Morgan fingerprint density at radius 2 is 1.75 bits per heavy atom. The summed E-state index contributed by atoms with van der Waals surface area (Å²) in [5, 5.41) is 0. The number of nitrogens with zero attached hydrogens (tertiary/aromatic N) is 1. The van der Waals surface area contributed by atoms with E-state index >= 15 is 0 Å². The molecule has 1 aromatic rings. The summed E-state index contributed by atoms with van der Waals surface area (Å²) in [4.78, 5) is 0. The van der Waals surface area contributed by atoms with Gasteiger partial charge < -0.3 is 17.7 Å². The molecule has 0 fully saturated rings. The molecule has 0 unspecified atom stereocenters.